The summed E-state index contributed by atoms with van der Waals surface area (Å²) in [6.07, 6.45) is 3.99. The second-order valence-electron chi connectivity index (χ2n) is 4.85. The number of hydrogen-bond acceptors (Lipinski definition) is 2. The topological polar surface area (TPSA) is 29.3 Å². The molecule has 0 fully saturated rings. The van der Waals surface area contributed by atoms with Gasteiger partial charge in [-0.05, 0) is 36.8 Å². The second-order valence-corrected chi connectivity index (χ2v) is 4.85. The first kappa shape index (κ1) is 12.8. The standard InChI is InChI=1S/C16H16FN3/c1-12(13-5-7-14(17)8-6-13)18-10-15-11-20-9-3-2-4-16(20)19-15/h2-9,11-12,18H,10H2,1H3/t12-/m1/s1. The average molecular weight is 269 g/mol. The molecule has 20 heavy (non-hydrogen) atoms. The average Bonchev–Trinajstić information content (AvgIpc) is 2.88. The van der Waals surface area contributed by atoms with Crippen LogP contribution >= 0.6 is 0 Å². The van der Waals surface area contributed by atoms with E-state index in [4.69, 9.17) is 0 Å². The van der Waals surface area contributed by atoms with Crippen LogP contribution in [0.1, 0.15) is 24.2 Å². The fraction of sp³-hybridized carbons (Fsp3) is 0.188. The molecule has 1 aromatic carbocycles. The lowest BCUT2D eigenvalue weighted by atomic mass is 10.1. The first-order valence-corrected chi connectivity index (χ1v) is 6.64. The summed E-state index contributed by atoms with van der Waals surface area (Å²) in [7, 11) is 0. The van der Waals surface area contributed by atoms with Crippen LogP contribution < -0.4 is 5.32 Å². The van der Waals surface area contributed by atoms with Gasteiger partial charge in [-0.1, -0.05) is 18.2 Å². The first-order chi connectivity index (χ1) is 9.72. The highest BCUT2D eigenvalue weighted by Gasteiger charge is 2.06. The zero-order valence-electron chi connectivity index (χ0n) is 11.3. The quantitative estimate of drug-likeness (QED) is 0.787. The molecule has 0 spiro atoms. The van der Waals surface area contributed by atoms with E-state index in [0.29, 0.717) is 6.54 Å². The molecule has 0 unspecified atom stereocenters. The molecular weight excluding hydrogens is 253 g/mol. The zero-order chi connectivity index (χ0) is 13.9. The molecule has 102 valence electrons. The van der Waals surface area contributed by atoms with Crippen LogP contribution in [0.25, 0.3) is 5.65 Å². The summed E-state index contributed by atoms with van der Waals surface area (Å²) in [5, 5.41) is 3.40. The molecule has 2 heterocycles. The minimum atomic E-state index is -0.207. The third-order valence-electron chi connectivity index (χ3n) is 3.37. The van der Waals surface area contributed by atoms with E-state index < -0.39 is 0 Å². The van der Waals surface area contributed by atoms with E-state index in [2.05, 4.69) is 17.2 Å². The normalized spacial score (nSPS) is 12.7. The summed E-state index contributed by atoms with van der Waals surface area (Å²) in [4.78, 5) is 4.53. The number of rotatable bonds is 4. The molecule has 1 atom stereocenters. The summed E-state index contributed by atoms with van der Waals surface area (Å²) >= 11 is 0. The van der Waals surface area contributed by atoms with Crippen molar-refractivity contribution >= 4 is 5.65 Å². The van der Waals surface area contributed by atoms with Crippen molar-refractivity contribution in [3.05, 3.63) is 71.9 Å². The van der Waals surface area contributed by atoms with Crippen molar-refractivity contribution in [2.24, 2.45) is 0 Å². The highest BCUT2D eigenvalue weighted by molar-refractivity contribution is 5.39. The van der Waals surface area contributed by atoms with Gasteiger partial charge in [0.05, 0.1) is 5.69 Å². The molecule has 0 saturated heterocycles. The lowest BCUT2D eigenvalue weighted by Gasteiger charge is -2.13. The van der Waals surface area contributed by atoms with Crippen LogP contribution in [0.5, 0.6) is 0 Å². The van der Waals surface area contributed by atoms with Gasteiger partial charge in [0.1, 0.15) is 11.5 Å². The number of hydrogen-bond donors (Lipinski definition) is 1. The van der Waals surface area contributed by atoms with E-state index in [1.54, 1.807) is 12.1 Å². The third kappa shape index (κ3) is 2.70. The number of benzene rings is 1. The minimum Gasteiger partial charge on any atom is -0.307 e. The summed E-state index contributed by atoms with van der Waals surface area (Å²) in [5.41, 5.74) is 3.00. The van der Waals surface area contributed by atoms with E-state index in [1.807, 2.05) is 35.0 Å². The molecule has 0 radical (unpaired) electrons. The Morgan fingerprint density at radius 2 is 2.00 bits per heavy atom. The maximum absolute atomic E-state index is 12.9. The molecule has 4 heteroatoms. The number of aromatic nitrogens is 2. The summed E-state index contributed by atoms with van der Waals surface area (Å²) in [6.45, 7) is 2.74. The van der Waals surface area contributed by atoms with Gasteiger partial charge in [0.2, 0.25) is 0 Å². The lowest BCUT2D eigenvalue weighted by Crippen LogP contribution is -2.18. The molecule has 1 N–H and O–H groups in total. The van der Waals surface area contributed by atoms with Gasteiger partial charge in [-0.2, -0.15) is 0 Å². The predicted octanol–water partition coefficient (Wildman–Crippen LogP) is 3.32. The van der Waals surface area contributed by atoms with Crippen molar-refractivity contribution in [1.82, 2.24) is 14.7 Å². The van der Waals surface area contributed by atoms with Gasteiger partial charge in [-0.3, -0.25) is 0 Å². The Balaban J connectivity index is 1.68. The van der Waals surface area contributed by atoms with Crippen LogP contribution in [-0.4, -0.2) is 9.38 Å². The number of fused-ring (bicyclic) bond motifs is 1. The van der Waals surface area contributed by atoms with Gasteiger partial charge in [-0.15, -0.1) is 0 Å². The van der Waals surface area contributed by atoms with Gasteiger partial charge in [0, 0.05) is 25.0 Å². The van der Waals surface area contributed by atoms with Gasteiger partial charge < -0.3 is 9.72 Å². The van der Waals surface area contributed by atoms with Crippen LogP contribution in [0, 0.1) is 5.82 Å². The Labute approximate surface area is 117 Å². The van der Waals surface area contributed by atoms with Gasteiger partial charge in [0.15, 0.2) is 0 Å². The van der Waals surface area contributed by atoms with Gasteiger partial charge in [0.25, 0.3) is 0 Å². The molecule has 2 aromatic heterocycles. The van der Waals surface area contributed by atoms with Gasteiger partial charge in [-0.25, -0.2) is 9.37 Å². The minimum absolute atomic E-state index is 0.153. The Bertz CT molecular complexity index is 670. The molecule has 0 aliphatic carbocycles. The molecule has 3 rings (SSSR count). The zero-order valence-corrected chi connectivity index (χ0v) is 11.3. The first-order valence-electron chi connectivity index (χ1n) is 6.64. The maximum atomic E-state index is 12.9. The molecule has 0 bridgehead atoms. The molecule has 0 aliphatic heterocycles. The van der Waals surface area contributed by atoms with E-state index in [0.717, 1.165) is 16.9 Å². The largest absolute Gasteiger partial charge is 0.307 e. The predicted molar refractivity (Wildman–Crippen MR) is 76.8 cm³/mol. The van der Waals surface area contributed by atoms with E-state index in [-0.39, 0.29) is 11.9 Å². The molecule has 3 aromatic rings. The third-order valence-corrected chi connectivity index (χ3v) is 3.37. The molecule has 0 saturated carbocycles. The van der Waals surface area contributed by atoms with Crippen LogP contribution in [0.3, 0.4) is 0 Å². The van der Waals surface area contributed by atoms with E-state index in [9.17, 15) is 4.39 Å². The monoisotopic (exact) mass is 269 g/mol. The number of nitrogens with one attached hydrogen (secondary N) is 1. The van der Waals surface area contributed by atoms with Crippen molar-refractivity contribution in [3.63, 3.8) is 0 Å². The Kier molecular flexibility index (Phi) is 3.48. The summed E-state index contributed by atoms with van der Waals surface area (Å²) in [6, 6.07) is 12.7. The van der Waals surface area contributed by atoms with E-state index >= 15 is 0 Å². The van der Waals surface area contributed by atoms with Crippen molar-refractivity contribution in [2.75, 3.05) is 0 Å². The van der Waals surface area contributed by atoms with E-state index in [1.165, 1.54) is 12.1 Å². The number of nitrogens with zero attached hydrogens (tertiary/aromatic N) is 2. The summed E-state index contributed by atoms with van der Waals surface area (Å²) < 4.78 is 14.9. The molecule has 0 amide bonds. The number of imidazole rings is 1. The Morgan fingerprint density at radius 3 is 2.75 bits per heavy atom. The second kappa shape index (κ2) is 5.43. The van der Waals surface area contributed by atoms with Crippen molar-refractivity contribution < 1.29 is 4.39 Å². The highest BCUT2D eigenvalue weighted by Crippen LogP contribution is 2.13. The smallest absolute Gasteiger partial charge is 0.137 e. The molecular formula is C16H16FN3. The highest BCUT2D eigenvalue weighted by atomic mass is 19.1. The fourth-order valence-corrected chi connectivity index (χ4v) is 2.20. The SMILES string of the molecule is C[C@@H](NCc1cn2ccccc2n1)c1ccc(F)cc1. The lowest BCUT2D eigenvalue weighted by molar-refractivity contribution is 0.566. The Hall–Kier alpha value is -2.20. The number of pyridine rings is 1. The van der Waals surface area contributed by atoms with Crippen molar-refractivity contribution in [3.8, 4) is 0 Å². The summed E-state index contributed by atoms with van der Waals surface area (Å²) in [5.74, 6) is -0.207. The van der Waals surface area contributed by atoms with Crippen molar-refractivity contribution in [2.45, 2.75) is 19.5 Å². The maximum Gasteiger partial charge on any atom is 0.137 e. The molecule has 0 aliphatic rings. The van der Waals surface area contributed by atoms with Crippen LogP contribution in [0.2, 0.25) is 0 Å². The van der Waals surface area contributed by atoms with Crippen molar-refractivity contribution in [1.29, 1.82) is 0 Å². The number of halogens is 1. The van der Waals surface area contributed by atoms with Crippen LogP contribution in [0.15, 0.2) is 54.9 Å². The fourth-order valence-electron chi connectivity index (χ4n) is 2.20. The Morgan fingerprint density at radius 1 is 1.20 bits per heavy atom. The molecule has 3 nitrogen and oxygen atoms in total. The van der Waals surface area contributed by atoms with Crippen LogP contribution in [0.4, 0.5) is 4.39 Å². The van der Waals surface area contributed by atoms with Crippen LogP contribution in [-0.2, 0) is 6.54 Å². The van der Waals surface area contributed by atoms with Gasteiger partial charge >= 0.3 is 0 Å².